The van der Waals surface area contributed by atoms with Gasteiger partial charge in [-0.05, 0) is 24.3 Å². The van der Waals surface area contributed by atoms with Gasteiger partial charge in [-0.1, -0.05) is 30.3 Å². The maximum Gasteiger partial charge on any atom is 0.163 e. The fourth-order valence-electron chi connectivity index (χ4n) is 1.93. The highest BCUT2D eigenvalue weighted by Crippen LogP contribution is 2.28. The van der Waals surface area contributed by atoms with Crippen molar-refractivity contribution in [1.82, 2.24) is 14.8 Å². The molecule has 0 aliphatic carbocycles. The minimum atomic E-state index is -0.181. The number of ether oxygens (including phenoxy) is 1. The van der Waals surface area contributed by atoms with Crippen LogP contribution in [0.4, 0.5) is 0 Å². The van der Waals surface area contributed by atoms with E-state index in [4.69, 9.17) is 4.74 Å². The second-order valence-electron chi connectivity index (χ2n) is 4.16. The van der Waals surface area contributed by atoms with Crippen molar-refractivity contribution in [3.05, 3.63) is 66.7 Å². The van der Waals surface area contributed by atoms with Gasteiger partial charge in [0, 0.05) is 0 Å². The van der Waals surface area contributed by atoms with Crippen LogP contribution in [-0.4, -0.2) is 19.9 Å². The number of hydrogen-bond acceptors (Lipinski definition) is 4. The summed E-state index contributed by atoms with van der Waals surface area (Å²) in [5.74, 6) is 1.89. The van der Waals surface area contributed by atoms with Gasteiger partial charge in [-0.3, -0.25) is 4.57 Å². The summed E-state index contributed by atoms with van der Waals surface area (Å²) >= 11 is 0. The van der Waals surface area contributed by atoms with Crippen molar-refractivity contribution in [2.45, 2.75) is 6.61 Å². The number of aliphatic hydroxyl groups excluding tert-OH is 1. The molecule has 2 aromatic carbocycles. The number of aromatic nitrogens is 3. The number of benzene rings is 2. The fraction of sp³-hybridized carbons (Fsp3) is 0.0667. The van der Waals surface area contributed by atoms with Gasteiger partial charge in [0.15, 0.2) is 11.6 Å². The van der Waals surface area contributed by atoms with Crippen LogP contribution in [0.5, 0.6) is 11.5 Å². The van der Waals surface area contributed by atoms with Gasteiger partial charge in [-0.25, -0.2) is 0 Å². The van der Waals surface area contributed by atoms with Crippen molar-refractivity contribution >= 4 is 0 Å². The monoisotopic (exact) mass is 267 g/mol. The summed E-state index contributed by atoms with van der Waals surface area (Å²) in [5, 5.41) is 17.0. The summed E-state index contributed by atoms with van der Waals surface area (Å²) in [6.45, 7) is -0.181. The lowest BCUT2D eigenvalue weighted by molar-refractivity contribution is 0.268. The van der Waals surface area contributed by atoms with Crippen molar-refractivity contribution in [3.8, 4) is 17.2 Å². The zero-order valence-corrected chi connectivity index (χ0v) is 10.7. The van der Waals surface area contributed by atoms with Crippen molar-refractivity contribution in [2.75, 3.05) is 0 Å². The van der Waals surface area contributed by atoms with Crippen molar-refractivity contribution in [2.24, 2.45) is 0 Å². The van der Waals surface area contributed by atoms with Gasteiger partial charge in [0.2, 0.25) is 0 Å². The van der Waals surface area contributed by atoms with Gasteiger partial charge in [-0.2, -0.15) is 0 Å². The summed E-state index contributed by atoms with van der Waals surface area (Å²) in [6.07, 6.45) is 1.55. The average molecular weight is 267 g/mol. The second-order valence-corrected chi connectivity index (χ2v) is 4.16. The van der Waals surface area contributed by atoms with Crippen LogP contribution < -0.4 is 4.74 Å². The smallest absolute Gasteiger partial charge is 0.163 e. The van der Waals surface area contributed by atoms with Gasteiger partial charge < -0.3 is 9.84 Å². The molecule has 100 valence electrons. The summed E-state index contributed by atoms with van der Waals surface area (Å²) in [5.41, 5.74) is 0.783. The van der Waals surface area contributed by atoms with Gasteiger partial charge in [0.1, 0.15) is 18.7 Å². The predicted molar refractivity (Wildman–Crippen MR) is 73.8 cm³/mol. The molecule has 0 unspecified atom stereocenters. The molecule has 0 radical (unpaired) electrons. The van der Waals surface area contributed by atoms with Crippen molar-refractivity contribution in [3.63, 3.8) is 0 Å². The number of aliphatic hydroxyl groups is 1. The van der Waals surface area contributed by atoms with E-state index in [9.17, 15) is 5.11 Å². The minimum absolute atomic E-state index is 0.181. The Labute approximate surface area is 116 Å². The van der Waals surface area contributed by atoms with Crippen molar-refractivity contribution < 1.29 is 9.84 Å². The molecule has 0 fully saturated rings. The maximum absolute atomic E-state index is 9.29. The van der Waals surface area contributed by atoms with E-state index in [-0.39, 0.29) is 6.61 Å². The van der Waals surface area contributed by atoms with E-state index in [2.05, 4.69) is 10.2 Å². The van der Waals surface area contributed by atoms with Gasteiger partial charge in [-0.15, -0.1) is 10.2 Å². The summed E-state index contributed by atoms with van der Waals surface area (Å²) in [4.78, 5) is 0. The van der Waals surface area contributed by atoms with Gasteiger partial charge in [0.05, 0.1) is 5.69 Å². The first-order valence-electron chi connectivity index (χ1n) is 6.20. The molecule has 1 N–H and O–H groups in total. The standard InChI is InChI=1S/C15H13N3O2/c19-10-15-17-16-11-18(15)13-8-4-5-9-14(13)20-12-6-2-1-3-7-12/h1-9,11,19H,10H2. The van der Waals surface area contributed by atoms with E-state index in [1.165, 1.54) is 0 Å². The molecule has 1 heterocycles. The number of para-hydroxylation sites is 3. The lowest BCUT2D eigenvalue weighted by Crippen LogP contribution is -2.02. The normalized spacial score (nSPS) is 10.4. The number of rotatable bonds is 4. The molecule has 20 heavy (non-hydrogen) atoms. The molecule has 0 aliphatic rings. The Balaban J connectivity index is 2.01. The molecule has 0 atom stereocenters. The summed E-state index contributed by atoms with van der Waals surface area (Å²) in [6, 6.07) is 17.1. The van der Waals surface area contributed by atoms with Crippen LogP contribution in [0.3, 0.4) is 0 Å². The Morgan fingerprint density at radius 1 is 1.00 bits per heavy atom. The third-order valence-corrected chi connectivity index (χ3v) is 2.86. The molecular formula is C15H13N3O2. The molecule has 0 bridgehead atoms. The van der Waals surface area contributed by atoms with E-state index in [0.29, 0.717) is 11.6 Å². The number of nitrogens with zero attached hydrogens (tertiary/aromatic N) is 3. The molecule has 0 aliphatic heterocycles. The van der Waals surface area contributed by atoms with E-state index >= 15 is 0 Å². The molecule has 0 saturated carbocycles. The summed E-state index contributed by atoms with van der Waals surface area (Å²) in [7, 11) is 0. The van der Waals surface area contributed by atoms with Crippen LogP contribution >= 0.6 is 0 Å². The van der Waals surface area contributed by atoms with E-state index in [1.807, 2.05) is 54.6 Å². The molecule has 3 aromatic rings. The molecule has 0 spiro atoms. The van der Waals surface area contributed by atoms with Gasteiger partial charge >= 0.3 is 0 Å². The quantitative estimate of drug-likeness (QED) is 0.789. The first-order chi connectivity index (χ1) is 9.88. The van der Waals surface area contributed by atoms with Crippen LogP contribution in [0.25, 0.3) is 5.69 Å². The van der Waals surface area contributed by atoms with Crippen LogP contribution in [0.15, 0.2) is 60.9 Å². The first-order valence-corrected chi connectivity index (χ1v) is 6.20. The highest BCUT2D eigenvalue weighted by Gasteiger charge is 2.10. The lowest BCUT2D eigenvalue weighted by atomic mass is 10.2. The van der Waals surface area contributed by atoms with Crippen molar-refractivity contribution in [1.29, 1.82) is 0 Å². The molecule has 1 aromatic heterocycles. The maximum atomic E-state index is 9.29. The highest BCUT2D eigenvalue weighted by atomic mass is 16.5. The van der Waals surface area contributed by atoms with Gasteiger partial charge in [0.25, 0.3) is 0 Å². The topological polar surface area (TPSA) is 60.2 Å². The fourth-order valence-corrected chi connectivity index (χ4v) is 1.93. The Kier molecular flexibility index (Phi) is 3.43. The zero-order chi connectivity index (χ0) is 13.8. The Morgan fingerprint density at radius 3 is 2.55 bits per heavy atom. The van der Waals surface area contributed by atoms with E-state index in [1.54, 1.807) is 10.9 Å². The average Bonchev–Trinajstić information content (AvgIpc) is 2.97. The molecule has 0 saturated heterocycles. The molecule has 5 nitrogen and oxygen atoms in total. The van der Waals surface area contributed by atoms with Crippen LogP contribution in [0.1, 0.15) is 5.82 Å². The Bertz CT molecular complexity index is 695. The lowest BCUT2D eigenvalue weighted by Gasteiger charge is -2.12. The molecular weight excluding hydrogens is 254 g/mol. The van der Waals surface area contributed by atoms with Crippen LogP contribution in [0, 0.1) is 0 Å². The SMILES string of the molecule is OCc1nncn1-c1ccccc1Oc1ccccc1. The van der Waals surface area contributed by atoms with E-state index < -0.39 is 0 Å². The molecule has 0 amide bonds. The highest BCUT2D eigenvalue weighted by molar-refractivity contribution is 5.49. The predicted octanol–water partition coefficient (Wildman–Crippen LogP) is 2.55. The third-order valence-electron chi connectivity index (χ3n) is 2.86. The Hall–Kier alpha value is -2.66. The third kappa shape index (κ3) is 2.39. The first kappa shape index (κ1) is 12.4. The molecule has 3 rings (SSSR count). The molecule has 5 heteroatoms. The minimum Gasteiger partial charge on any atom is -0.455 e. The largest absolute Gasteiger partial charge is 0.455 e. The second kappa shape index (κ2) is 5.54. The van der Waals surface area contributed by atoms with Crippen LogP contribution in [-0.2, 0) is 6.61 Å². The zero-order valence-electron chi connectivity index (χ0n) is 10.7. The Morgan fingerprint density at radius 2 is 1.75 bits per heavy atom. The summed E-state index contributed by atoms with van der Waals surface area (Å²) < 4.78 is 7.58. The van der Waals surface area contributed by atoms with E-state index in [0.717, 1.165) is 11.4 Å². The van der Waals surface area contributed by atoms with Crippen LogP contribution in [0.2, 0.25) is 0 Å². The number of hydrogen-bond donors (Lipinski definition) is 1.